The Balaban J connectivity index is 1.43. The number of aliphatic carboxylic acids is 1. The quantitative estimate of drug-likeness (QED) is 0.309. The molecule has 0 amide bonds. The Bertz CT molecular complexity index is 1140. The molecule has 2 aliphatic carbocycles. The molecule has 0 aromatic heterocycles. The van der Waals surface area contributed by atoms with Crippen LogP contribution in [0.5, 0.6) is 11.5 Å². The molecular formula is C25H29NO10. The highest BCUT2D eigenvalue weighted by atomic mass is 16.7. The van der Waals surface area contributed by atoms with Gasteiger partial charge in [-0.1, -0.05) is 12.1 Å². The largest absolute Gasteiger partial charge is 0.479 e. The zero-order valence-corrected chi connectivity index (χ0v) is 19.4. The van der Waals surface area contributed by atoms with Crippen molar-refractivity contribution in [1.29, 1.82) is 0 Å². The number of carbonyl (C=O) groups is 2. The fraction of sp³-hybridized carbons (Fsp3) is 0.600. The Morgan fingerprint density at radius 3 is 2.72 bits per heavy atom. The number of nitrogens with zero attached hydrogens (tertiary/aromatic N) is 1. The number of aliphatic hydroxyl groups excluding tert-OH is 3. The molecule has 1 saturated carbocycles. The highest BCUT2D eigenvalue weighted by molar-refractivity contribution is 5.90. The first kappa shape index (κ1) is 23.8. The first-order chi connectivity index (χ1) is 17.1. The highest BCUT2D eigenvalue weighted by Gasteiger charge is 2.73. The second-order valence-corrected chi connectivity index (χ2v) is 10.4. The molecule has 6 rings (SSSR count). The molecule has 194 valence electrons. The number of Topliss-reactive ketones (excluding diaryl/α,β-unsaturated/α-hetero) is 1. The number of carbonyl (C=O) groups excluding carboxylic acids is 1. The fourth-order valence-corrected chi connectivity index (χ4v) is 7.15. The Morgan fingerprint density at radius 2 is 2.00 bits per heavy atom. The standard InChI is InChI=1S/C25H29NO10/c1-2-8-26-9-7-24-15-11-3-4-13(34-23-18(30)16(28)17(29)20(36-23)22(31)32)19(15)35-21(24)12(27)5-6-25(24,33)14(26)10-11/h2-4,14,16-18,20-21,23,28-30,33H,1,5-10H2,(H,31,32)/t14-,16+,17+,18-,20+,21+,23+,24+,25-/m1/s1. The summed E-state index contributed by atoms with van der Waals surface area (Å²) in [5.74, 6) is -1.28. The molecule has 0 unspecified atom stereocenters. The van der Waals surface area contributed by atoms with Crippen molar-refractivity contribution in [2.45, 2.75) is 79.6 Å². The van der Waals surface area contributed by atoms with Gasteiger partial charge in [0.1, 0.15) is 18.3 Å². The van der Waals surface area contributed by atoms with Gasteiger partial charge in [-0.25, -0.2) is 4.79 Å². The van der Waals surface area contributed by atoms with E-state index in [2.05, 4.69) is 11.5 Å². The molecule has 2 bridgehead atoms. The maximum Gasteiger partial charge on any atom is 0.335 e. The Morgan fingerprint density at radius 1 is 1.22 bits per heavy atom. The lowest BCUT2D eigenvalue weighted by atomic mass is 9.49. The third kappa shape index (κ3) is 2.89. The van der Waals surface area contributed by atoms with Crippen molar-refractivity contribution in [3.05, 3.63) is 35.9 Å². The number of ketones is 1. The molecule has 3 heterocycles. The predicted molar refractivity (Wildman–Crippen MR) is 121 cm³/mol. The van der Waals surface area contributed by atoms with Crippen molar-refractivity contribution in [1.82, 2.24) is 4.90 Å². The van der Waals surface area contributed by atoms with E-state index in [0.29, 0.717) is 37.9 Å². The lowest BCUT2D eigenvalue weighted by Gasteiger charge is -2.62. The zero-order chi connectivity index (χ0) is 25.6. The van der Waals surface area contributed by atoms with Gasteiger partial charge in [0.2, 0.25) is 6.29 Å². The number of benzene rings is 1. The van der Waals surface area contributed by atoms with Gasteiger partial charge < -0.3 is 39.7 Å². The van der Waals surface area contributed by atoms with Crippen LogP contribution in [0.25, 0.3) is 0 Å². The molecule has 11 nitrogen and oxygen atoms in total. The average Bonchev–Trinajstić information content (AvgIpc) is 3.20. The molecule has 3 fully saturated rings. The summed E-state index contributed by atoms with van der Waals surface area (Å²) in [7, 11) is 0. The van der Waals surface area contributed by atoms with E-state index in [1.807, 2.05) is 6.07 Å². The summed E-state index contributed by atoms with van der Waals surface area (Å²) in [5.41, 5.74) is -0.546. The second kappa shape index (κ2) is 7.98. The molecule has 1 spiro atoms. The highest BCUT2D eigenvalue weighted by Crippen LogP contribution is 2.65. The van der Waals surface area contributed by atoms with Crippen molar-refractivity contribution < 1.29 is 49.3 Å². The van der Waals surface area contributed by atoms with Crippen molar-refractivity contribution >= 4 is 11.8 Å². The monoisotopic (exact) mass is 503 g/mol. The summed E-state index contributed by atoms with van der Waals surface area (Å²) in [6.45, 7) is 5.10. The number of ether oxygens (including phenoxy) is 3. The van der Waals surface area contributed by atoms with Crippen LogP contribution in [-0.2, 0) is 26.2 Å². The van der Waals surface area contributed by atoms with E-state index in [0.717, 1.165) is 5.56 Å². The van der Waals surface area contributed by atoms with Gasteiger partial charge in [0.25, 0.3) is 0 Å². The molecular weight excluding hydrogens is 474 g/mol. The van der Waals surface area contributed by atoms with Gasteiger partial charge in [-0.2, -0.15) is 0 Å². The van der Waals surface area contributed by atoms with Gasteiger partial charge in [0, 0.05) is 31.1 Å². The first-order valence-electron chi connectivity index (χ1n) is 12.2. The van der Waals surface area contributed by atoms with E-state index in [-0.39, 0.29) is 29.7 Å². The molecule has 9 atom stereocenters. The summed E-state index contributed by atoms with van der Waals surface area (Å²) in [4.78, 5) is 26.8. The zero-order valence-electron chi connectivity index (χ0n) is 19.4. The molecule has 5 N–H and O–H groups in total. The van der Waals surface area contributed by atoms with Crippen molar-refractivity contribution in [3.8, 4) is 11.5 Å². The SMILES string of the molecule is C=CCN1CC[C@]23c4c5ccc(O[C@H]6O[C@H](C(=O)O)[C@@H](O)[C@H](O)[C@H]6O)c4O[C@H]2C(=O)CC[C@@]3(O)[C@H]1C5. The number of rotatable bonds is 5. The fourth-order valence-electron chi connectivity index (χ4n) is 7.15. The van der Waals surface area contributed by atoms with E-state index in [1.54, 1.807) is 12.1 Å². The van der Waals surface area contributed by atoms with Crippen molar-refractivity contribution in [2.24, 2.45) is 0 Å². The van der Waals surface area contributed by atoms with Gasteiger partial charge >= 0.3 is 5.97 Å². The minimum Gasteiger partial charge on any atom is -0.479 e. The summed E-state index contributed by atoms with van der Waals surface area (Å²) in [6, 6.07) is 3.19. The number of hydrogen-bond acceptors (Lipinski definition) is 10. The third-order valence-electron chi connectivity index (χ3n) is 8.77. The molecule has 0 radical (unpaired) electrons. The smallest absolute Gasteiger partial charge is 0.335 e. The van der Waals surface area contributed by atoms with Crippen molar-refractivity contribution in [3.63, 3.8) is 0 Å². The van der Waals surface area contributed by atoms with E-state index in [9.17, 15) is 35.1 Å². The Hall–Kier alpha value is -2.54. The van der Waals surface area contributed by atoms with E-state index < -0.39 is 53.8 Å². The molecule has 2 saturated heterocycles. The predicted octanol–water partition coefficient (Wildman–Crippen LogP) is -1.13. The molecule has 36 heavy (non-hydrogen) atoms. The number of aliphatic hydroxyl groups is 4. The minimum atomic E-state index is -1.85. The molecule has 11 heteroatoms. The summed E-state index contributed by atoms with van der Waals surface area (Å²) in [5, 5.41) is 52.1. The lowest BCUT2D eigenvalue weighted by molar-refractivity contribution is -0.271. The van der Waals surface area contributed by atoms with Crippen LogP contribution in [0.3, 0.4) is 0 Å². The van der Waals surface area contributed by atoms with Crippen LogP contribution in [0, 0.1) is 0 Å². The number of piperidine rings is 1. The van der Waals surface area contributed by atoms with E-state index >= 15 is 0 Å². The topological polar surface area (TPSA) is 166 Å². The maximum absolute atomic E-state index is 13.1. The molecule has 5 aliphatic rings. The third-order valence-corrected chi connectivity index (χ3v) is 8.77. The summed E-state index contributed by atoms with van der Waals surface area (Å²) < 4.78 is 17.4. The maximum atomic E-state index is 13.1. The Kier molecular flexibility index (Phi) is 5.28. The van der Waals surface area contributed by atoms with Crippen LogP contribution in [0.15, 0.2) is 24.8 Å². The van der Waals surface area contributed by atoms with Gasteiger partial charge in [-0.15, -0.1) is 6.58 Å². The van der Waals surface area contributed by atoms with E-state index in [4.69, 9.17) is 14.2 Å². The summed E-state index contributed by atoms with van der Waals surface area (Å²) >= 11 is 0. The molecule has 1 aromatic carbocycles. The first-order valence-corrected chi connectivity index (χ1v) is 12.2. The van der Waals surface area contributed by atoms with Crippen LogP contribution in [0.4, 0.5) is 0 Å². The molecule has 3 aliphatic heterocycles. The van der Waals surface area contributed by atoms with Gasteiger partial charge in [-0.05, 0) is 30.9 Å². The minimum absolute atomic E-state index is 0.0939. The normalized spacial score (nSPS) is 42.9. The number of carboxylic acids is 1. The van der Waals surface area contributed by atoms with Gasteiger partial charge in [-0.3, -0.25) is 9.69 Å². The number of carboxylic acid groups (broad SMARTS) is 1. The van der Waals surface area contributed by atoms with Crippen LogP contribution >= 0.6 is 0 Å². The van der Waals surface area contributed by atoms with Gasteiger partial charge in [0.15, 0.2) is 29.5 Å². The van der Waals surface area contributed by atoms with Crippen LogP contribution in [-0.4, -0.2) is 104 Å². The van der Waals surface area contributed by atoms with E-state index in [1.165, 1.54) is 0 Å². The summed E-state index contributed by atoms with van der Waals surface area (Å²) in [6.07, 6.45) is -6.44. The molecule has 1 aromatic rings. The van der Waals surface area contributed by atoms with Gasteiger partial charge in [0.05, 0.1) is 11.0 Å². The lowest BCUT2D eigenvalue weighted by Crippen LogP contribution is -2.76. The Labute approximate surface area is 206 Å². The second-order valence-electron chi connectivity index (χ2n) is 10.4. The average molecular weight is 504 g/mol. The number of likely N-dealkylation sites (tertiary alicyclic amines) is 1. The van der Waals surface area contributed by atoms with Crippen molar-refractivity contribution in [2.75, 3.05) is 13.1 Å². The van der Waals surface area contributed by atoms with Crippen LogP contribution < -0.4 is 9.47 Å². The van der Waals surface area contributed by atoms with Crippen LogP contribution in [0.2, 0.25) is 0 Å². The van der Waals surface area contributed by atoms with Crippen LogP contribution in [0.1, 0.15) is 30.4 Å². The number of hydrogen-bond donors (Lipinski definition) is 5.